The van der Waals surface area contributed by atoms with E-state index in [-0.39, 0.29) is 43.1 Å². The maximum Gasteiger partial charge on any atom is 0.325 e. The van der Waals surface area contributed by atoms with Crippen molar-refractivity contribution in [2.75, 3.05) is 32.1 Å². The molecule has 0 radical (unpaired) electrons. The number of carbonyl (C=O) groups excluding carboxylic acids is 3. The van der Waals surface area contributed by atoms with Gasteiger partial charge in [0.2, 0.25) is 11.8 Å². The Morgan fingerprint density at radius 3 is 2.54 bits per heavy atom. The van der Waals surface area contributed by atoms with E-state index in [0.29, 0.717) is 12.2 Å². The number of hydrogen-bond donors (Lipinski definition) is 3. The van der Waals surface area contributed by atoms with E-state index < -0.39 is 5.97 Å². The number of carbonyl (C=O) groups is 3. The number of benzene rings is 1. The van der Waals surface area contributed by atoms with Crippen LogP contribution in [0.2, 0.25) is 0 Å². The van der Waals surface area contributed by atoms with Crippen molar-refractivity contribution in [2.45, 2.75) is 12.8 Å². The van der Waals surface area contributed by atoms with E-state index in [9.17, 15) is 14.4 Å². The molecule has 2 amide bonds. The van der Waals surface area contributed by atoms with Gasteiger partial charge in [0.1, 0.15) is 6.54 Å². The number of rotatable bonds is 6. The van der Waals surface area contributed by atoms with Crippen molar-refractivity contribution >= 4 is 35.9 Å². The van der Waals surface area contributed by atoms with Crippen molar-refractivity contribution < 1.29 is 19.1 Å². The fraction of sp³-hybridized carbons (Fsp3) is 0.438. The SMILES string of the molecule is COC(=O)CNC(=O)Cc1ccc(NC(=O)C2CCNC2)cc1.Cl. The number of halogens is 1. The first kappa shape index (κ1) is 19.9. The summed E-state index contributed by atoms with van der Waals surface area (Å²) in [7, 11) is 1.27. The van der Waals surface area contributed by atoms with E-state index in [0.717, 1.165) is 18.5 Å². The molecular formula is C16H22ClN3O4. The highest BCUT2D eigenvalue weighted by Gasteiger charge is 2.22. The van der Waals surface area contributed by atoms with Crippen LogP contribution in [-0.2, 0) is 25.5 Å². The molecule has 2 rings (SSSR count). The standard InChI is InChI=1S/C16H21N3O4.ClH/c1-23-15(21)10-18-14(20)8-11-2-4-13(5-3-11)19-16(22)12-6-7-17-9-12;/h2-5,12,17H,6-10H2,1H3,(H,18,20)(H,19,22);1H. The highest BCUT2D eigenvalue weighted by Crippen LogP contribution is 2.14. The molecule has 3 N–H and O–H groups in total. The van der Waals surface area contributed by atoms with Gasteiger partial charge < -0.3 is 20.7 Å². The van der Waals surface area contributed by atoms with Gasteiger partial charge in [-0.1, -0.05) is 12.1 Å². The summed E-state index contributed by atoms with van der Waals surface area (Å²) in [5, 5.41) is 8.50. The molecule has 1 saturated heterocycles. The van der Waals surface area contributed by atoms with Crippen LogP contribution in [0.3, 0.4) is 0 Å². The van der Waals surface area contributed by atoms with Crippen molar-refractivity contribution in [1.29, 1.82) is 0 Å². The lowest BCUT2D eigenvalue weighted by Gasteiger charge is -2.10. The van der Waals surface area contributed by atoms with Crippen molar-refractivity contribution in [2.24, 2.45) is 5.92 Å². The van der Waals surface area contributed by atoms with Gasteiger partial charge in [-0.15, -0.1) is 12.4 Å². The van der Waals surface area contributed by atoms with Gasteiger partial charge in [-0.2, -0.15) is 0 Å². The first-order valence-electron chi connectivity index (χ1n) is 7.52. The second kappa shape index (κ2) is 9.89. The van der Waals surface area contributed by atoms with Crippen LogP contribution in [-0.4, -0.2) is 44.5 Å². The van der Waals surface area contributed by atoms with Gasteiger partial charge >= 0.3 is 5.97 Å². The minimum absolute atomic E-state index is 0. The summed E-state index contributed by atoms with van der Waals surface area (Å²) in [6.45, 7) is 1.45. The van der Waals surface area contributed by atoms with Gasteiger partial charge in [0.15, 0.2) is 0 Å². The Balaban J connectivity index is 0.00000288. The van der Waals surface area contributed by atoms with Crippen LogP contribution in [0.4, 0.5) is 5.69 Å². The van der Waals surface area contributed by atoms with Crippen LogP contribution >= 0.6 is 12.4 Å². The van der Waals surface area contributed by atoms with Crippen LogP contribution in [0.5, 0.6) is 0 Å². The smallest absolute Gasteiger partial charge is 0.325 e. The summed E-state index contributed by atoms with van der Waals surface area (Å²) >= 11 is 0. The fourth-order valence-corrected chi connectivity index (χ4v) is 2.32. The molecule has 0 aliphatic carbocycles. The van der Waals surface area contributed by atoms with Crippen molar-refractivity contribution in [3.05, 3.63) is 29.8 Å². The molecule has 7 nitrogen and oxygen atoms in total. The average molecular weight is 356 g/mol. The lowest BCUT2D eigenvalue weighted by atomic mass is 10.1. The number of anilines is 1. The Hall–Kier alpha value is -2.12. The zero-order chi connectivity index (χ0) is 16.7. The molecule has 132 valence electrons. The summed E-state index contributed by atoms with van der Waals surface area (Å²) in [5.74, 6) is -0.723. The molecule has 1 aliphatic heterocycles. The van der Waals surface area contributed by atoms with E-state index in [2.05, 4.69) is 20.7 Å². The summed E-state index contributed by atoms with van der Waals surface area (Å²) in [4.78, 5) is 34.6. The van der Waals surface area contributed by atoms with Crippen molar-refractivity contribution in [3.8, 4) is 0 Å². The van der Waals surface area contributed by atoms with Gasteiger partial charge in [0.05, 0.1) is 19.4 Å². The lowest BCUT2D eigenvalue weighted by molar-refractivity contribution is -0.141. The molecule has 0 saturated carbocycles. The predicted octanol–water partition coefficient (Wildman–Crippen LogP) is 0.488. The molecule has 8 heteroatoms. The molecule has 1 atom stereocenters. The number of amides is 2. The molecule has 1 fully saturated rings. The van der Waals surface area contributed by atoms with E-state index in [1.165, 1.54) is 7.11 Å². The monoisotopic (exact) mass is 355 g/mol. The summed E-state index contributed by atoms with van der Waals surface area (Å²) in [6, 6.07) is 7.09. The number of ether oxygens (including phenoxy) is 1. The Bertz CT molecular complexity index is 571. The third kappa shape index (κ3) is 6.17. The zero-order valence-electron chi connectivity index (χ0n) is 13.5. The number of hydrogen-bond acceptors (Lipinski definition) is 5. The van der Waals surface area contributed by atoms with E-state index >= 15 is 0 Å². The molecule has 1 aromatic rings. The molecule has 0 spiro atoms. The van der Waals surface area contributed by atoms with Crippen LogP contribution in [0.15, 0.2) is 24.3 Å². The minimum atomic E-state index is -0.488. The summed E-state index contributed by atoms with van der Waals surface area (Å²) in [5.41, 5.74) is 1.51. The van der Waals surface area contributed by atoms with Crippen molar-refractivity contribution in [1.82, 2.24) is 10.6 Å². The average Bonchev–Trinajstić information content (AvgIpc) is 3.09. The van der Waals surface area contributed by atoms with Crippen LogP contribution in [0.25, 0.3) is 0 Å². The lowest BCUT2D eigenvalue weighted by Crippen LogP contribution is -2.31. The Morgan fingerprint density at radius 2 is 1.96 bits per heavy atom. The maximum atomic E-state index is 12.0. The van der Waals surface area contributed by atoms with E-state index in [1.807, 2.05) is 0 Å². The van der Waals surface area contributed by atoms with Gasteiger partial charge in [-0.05, 0) is 30.7 Å². The Kier molecular flexibility index (Phi) is 8.21. The number of nitrogens with one attached hydrogen (secondary N) is 3. The quantitative estimate of drug-likeness (QED) is 0.645. The summed E-state index contributed by atoms with van der Waals surface area (Å²) in [6.07, 6.45) is 1.02. The fourth-order valence-electron chi connectivity index (χ4n) is 2.32. The first-order valence-corrected chi connectivity index (χ1v) is 7.52. The molecule has 1 heterocycles. The topological polar surface area (TPSA) is 96.5 Å². The molecule has 0 aromatic heterocycles. The molecule has 1 unspecified atom stereocenters. The van der Waals surface area contributed by atoms with Crippen LogP contribution in [0.1, 0.15) is 12.0 Å². The molecule has 1 aromatic carbocycles. The Labute approximate surface area is 146 Å². The van der Waals surface area contributed by atoms with Crippen LogP contribution in [0, 0.1) is 5.92 Å². The normalized spacial score (nSPS) is 16.0. The molecule has 24 heavy (non-hydrogen) atoms. The van der Waals surface area contributed by atoms with Gasteiger partial charge in [0.25, 0.3) is 0 Å². The molecule has 1 aliphatic rings. The molecular weight excluding hydrogens is 334 g/mol. The number of esters is 1. The zero-order valence-corrected chi connectivity index (χ0v) is 14.3. The maximum absolute atomic E-state index is 12.0. The molecule has 0 bridgehead atoms. The van der Waals surface area contributed by atoms with Crippen LogP contribution < -0.4 is 16.0 Å². The minimum Gasteiger partial charge on any atom is -0.468 e. The van der Waals surface area contributed by atoms with Gasteiger partial charge in [0, 0.05) is 12.2 Å². The third-order valence-electron chi connectivity index (χ3n) is 3.67. The summed E-state index contributed by atoms with van der Waals surface area (Å²) < 4.78 is 4.45. The van der Waals surface area contributed by atoms with Gasteiger partial charge in [-0.25, -0.2) is 0 Å². The van der Waals surface area contributed by atoms with Gasteiger partial charge in [-0.3, -0.25) is 14.4 Å². The van der Waals surface area contributed by atoms with E-state index in [1.54, 1.807) is 24.3 Å². The third-order valence-corrected chi connectivity index (χ3v) is 3.67. The second-order valence-corrected chi connectivity index (χ2v) is 5.41. The second-order valence-electron chi connectivity index (χ2n) is 5.41. The largest absolute Gasteiger partial charge is 0.468 e. The highest BCUT2D eigenvalue weighted by atomic mass is 35.5. The highest BCUT2D eigenvalue weighted by molar-refractivity contribution is 5.93. The van der Waals surface area contributed by atoms with E-state index in [4.69, 9.17) is 0 Å². The predicted molar refractivity (Wildman–Crippen MR) is 92.0 cm³/mol. The first-order chi connectivity index (χ1) is 11.1. The Morgan fingerprint density at radius 1 is 1.25 bits per heavy atom. The number of methoxy groups -OCH3 is 1. The van der Waals surface area contributed by atoms with Crippen molar-refractivity contribution in [3.63, 3.8) is 0 Å².